The molecular weight excluding hydrogens is 226 g/mol. The largest absolute Gasteiger partial charge is 0.489 e. The maximum Gasteiger partial charge on any atom is 0.134 e. The first-order chi connectivity index (χ1) is 8.74. The summed E-state index contributed by atoms with van der Waals surface area (Å²) in [6.45, 7) is 2.11. The van der Waals surface area contributed by atoms with E-state index in [9.17, 15) is 4.79 Å². The second-order valence-electron chi connectivity index (χ2n) is 4.17. The van der Waals surface area contributed by atoms with Crippen molar-refractivity contribution in [1.29, 1.82) is 0 Å². The molecule has 0 saturated carbocycles. The van der Waals surface area contributed by atoms with Crippen LogP contribution in [0.1, 0.15) is 18.1 Å². The third-order valence-corrected chi connectivity index (χ3v) is 2.53. The van der Waals surface area contributed by atoms with Crippen molar-refractivity contribution in [3.05, 3.63) is 59.9 Å². The van der Waals surface area contributed by atoms with Crippen LogP contribution in [-0.4, -0.2) is 10.8 Å². The van der Waals surface area contributed by atoms with Crippen molar-refractivity contribution in [1.82, 2.24) is 4.98 Å². The molecule has 0 atom stereocenters. The summed E-state index contributed by atoms with van der Waals surface area (Å²) in [6, 6.07) is 11.5. The van der Waals surface area contributed by atoms with E-state index in [2.05, 4.69) is 4.98 Å². The highest BCUT2D eigenvalue weighted by Crippen LogP contribution is 2.14. The predicted molar refractivity (Wildman–Crippen MR) is 69.4 cm³/mol. The number of ketones is 1. The van der Waals surface area contributed by atoms with Gasteiger partial charge in [0.05, 0.1) is 0 Å². The van der Waals surface area contributed by atoms with E-state index >= 15 is 0 Å². The fraction of sp³-hybridized carbons (Fsp3) is 0.200. The highest BCUT2D eigenvalue weighted by Gasteiger charge is 1.99. The molecule has 3 nitrogen and oxygen atoms in total. The molecular formula is C15H15NO2. The molecule has 0 aliphatic heterocycles. The van der Waals surface area contributed by atoms with E-state index in [0.717, 1.165) is 16.9 Å². The Morgan fingerprint density at radius 1 is 1.06 bits per heavy atom. The minimum atomic E-state index is 0.167. The van der Waals surface area contributed by atoms with Gasteiger partial charge in [-0.2, -0.15) is 0 Å². The third kappa shape index (κ3) is 3.70. The molecule has 0 bridgehead atoms. The number of nitrogens with zero attached hydrogens (tertiary/aromatic N) is 1. The zero-order chi connectivity index (χ0) is 12.8. The molecule has 0 aliphatic rings. The lowest BCUT2D eigenvalue weighted by atomic mass is 10.1. The van der Waals surface area contributed by atoms with Gasteiger partial charge in [0, 0.05) is 18.8 Å². The Bertz CT molecular complexity index is 506. The molecule has 2 aromatic rings. The highest BCUT2D eigenvalue weighted by molar-refractivity contribution is 5.78. The lowest BCUT2D eigenvalue weighted by Gasteiger charge is -2.06. The standard InChI is InChI=1S/C15H15NO2/c1-12(17)10-13-2-4-15(5-3-13)18-11-14-6-8-16-9-7-14/h2-9H,10-11H2,1H3. The Labute approximate surface area is 106 Å². The van der Waals surface area contributed by atoms with Gasteiger partial charge >= 0.3 is 0 Å². The smallest absolute Gasteiger partial charge is 0.134 e. The summed E-state index contributed by atoms with van der Waals surface area (Å²) in [5, 5.41) is 0. The predicted octanol–water partition coefficient (Wildman–Crippen LogP) is 2.79. The van der Waals surface area contributed by atoms with E-state index in [1.165, 1.54) is 0 Å². The fourth-order valence-electron chi connectivity index (χ4n) is 1.64. The zero-order valence-electron chi connectivity index (χ0n) is 10.3. The Kier molecular flexibility index (Phi) is 4.07. The molecule has 0 radical (unpaired) electrons. The van der Waals surface area contributed by atoms with Gasteiger partial charge in [-0.25, -0.2) is 0 Å². The minimum Gasteiger partial charge on any atom is -0.489 e. The molecule has 2 rings (SSSR count). The fourth-order valence-corrected chi connectivity index (χ4v) is 1.64. The van der Waals surface area contributed by atoms with Gasteiger partial charge < -0.3 is 4.74 Å². The molecule has 0 N–H and O–H groups in total. The molecule has 0 amide bonds. The maximum absolute atomic E-state index is 11.0. The number of rotatable bonds is 5. The van der Waals surface area contributed by atoms with E-state index in [1.807, 2.05) is 36.4 Å². The van der Waals surface area contributed by atoms with E-state index in [4.69, 9.17) is 4.74 Å². The highest BCUT2D eigenvalue weighted by atomic mass is 16.5. The number of pyridine rings is 1. The number of hydrogen-bond acceptors (Lipinski definition) is 3. The van der Waals surface area contributed by atoms with Gasteiger partial charge in [-0.3, -0.25) is 9.78 Å². The topological polar surface area (TPSA) is 39.2 Å². The molecule has 18 heavy (non-hydrogen) atoms. The van der Waals surface area contributed by atoms with Crippen molar-refractivity contribution in [2.45, 2.75) is 20.0 Å². The lowest BCUT2D eigenvalue weighted by molar-refractivity contribution is -0.116. The number of aromatic nitrogens is 1. The summed E-state index contributed by atoms with van der Waals surface area (Å²) in [7, 11) is 0. The molecule has 0 spiro atoms. The van der Waals surface area contributed by atoms with Crippen LogP contribution in [0.2, 0.25) is 0 Å². The van der Waals surface area contributed by atoms with Crippen molar-refractivity contribution in [3.8, 4) is 5.75 Å². The average Bonchev–Trinajstić information content (AvgIpc) is 2.38. The first-order valence-electron chi connectivity index (χ1n) is 5.84. The van der Waals surface area contributed by atoms with E-state index in [-0.39, 0.29) is 5.78 Å². The van der Waals surface area contributed by atoms with Gasteiger partial charge in [0.15, 0.2) is 0 Å². The molecule has 0 fully saturated rings. The average molecular weight is 241 g/mol. The van der Waals surface area contributed by atoms with Crippen LogP contribution in [0.25, 0.3) is 0 Å². The van der Waals surface area contributed by atoms with Crippen LogP contribution in [0.4, 0.5) is 0 Å². The van der Waals surface area contributed by atoms with Crippen LogP contribution >= 0.6 is 0 Å². The minimum absolute atomic E-state index is 0.167. The molecule has 0 aliphatic carbocycles. The SMILES string of the molecule is CC(=O)Cc1ccc(OCc2ccncc2)cc1. The van der Waals surface area contributed by atoms with Gasteiger partial charge in [0.2, 0.25) is 0 Å². The van der Waals surface area contributed by atoms with Gasteiger partial charge in [-0.15, -0.1) is 0 Å². The monoisotopic (exact) mass is 241 g/mol. The number of benzene rings is 1. The molecule has 0 unspecified atom stereocenters. The molecule has 1 heterocycles. The number of ether oxygens (including phenoxy) is 1. The van der Waals surface area contributed by atoms with Gasteiger partial charge in [0.25, 0.3) is 0 Å². The lowest BCUT2D eigenvalue weighted by Crippen LogP contribution is -1.97. The van der Waals surface area contributed by atoms with Crippen molar-refractivity contribution >= 4 is 5.78 Å². The summed E-state index contributed by atoms with van der Waals surface area (Å²) >= 11 is 0. The maximum atomic E-state index is 11.0. The van der Waals surface area contributed by atoms with Crippen molar-refractivity contribution < 1.29 is 9.53 Å². The Morgan fingerprint density at radius 3 is 2.33 bits per heavy atom. The summed E-state index contributed by atoms with van der Waals surface area (Å²) in [6.07, 6.45) is 3.97. The van der Waals surface area contributed by atoms with Crippen LogP contribution in [0, 0.1) is 0 Å². The molecule has 0 saturated heterocycles. The van der Waals surface area contributed by atoms with Crippen LogP contribution in [-0.2, 0) is 17.8 Å². The first kappa shape index (κ1) is 12.3. The number of Topliss-reactive ketones (excluding diaryl/α,β-unsaturated/α-hetero) is 1. The van der Waals surface area contributed by atoms with Crippen molar-refractivity contribution in [2.24, 2.45) is 0 Å². The number of hydrogen-bond donors (Lipinski definition) is 0. The molecule has 1 aromatic carbocycles. The van der Waals surface area contributed by atoms with Crippen molar-refractivity contribution in [2.75, 3.05) is 0 Å². The summed E-state index contributed by atoms with van der Waals surface area (Å²) in [5.74, 6) is 0.972. The summed E-state index contributed by atoms with van der Waals surface area (Å²) in [5.41, 5.74) is 2.09. The van der Waals surface area contributed by atoms with E-state index < -0.39 is 0 Å². The van der Waals surface area contributed by atoms with Gasteiger partial charge in [0.1, 0.15) is 18.1 Å². The first-order valence-corrected chi connectivity index (χ1v) is 5.84. The van der Waals surface area contributed by atoms with Gasteiger partial charge in [-0.05, 0) is 42.3 Å². The Morgan fingerprint density at radius 2 is 1.72 bits per heavy atom. The quantitative estimate of drug-likeness (QED) is 0.808. The van der Waals surface area contributed by atoms with E-state index in [0.29, 0.717) is 13.0 Å². The normalized spacial score (nSPS) is 10.1. The zero-order valence-corrected chi connectivity index (χ0v) is 10.3. The Balaban J connectivity index is 1.92. The Hall–Kier alpha value is -2.16. The summed E-state index contributed by atoms with van der Waals surface area (Å²) < 4.78 is 5.64. The number of carbonyl (C=O) groups is 1. The van der Waals surface area contributed by atoms with E-state index in [1.54, 1.807) is 19.3 Å². The second kappa shape index (κ2) is 5.96. The summed E-state index contributed by atoms with van der Waals surface area (Å²) in [4.78, 5) is 14.9. The second-order valence-corrected chi connectivity index (χ2v) is 4.17. The number of carbonyl (C=O) groups excluding carboxylic acids is 1. The third-order valence-electron chi connectivity index (χ3n) is 2.53. The molecule has 3 heteroatoms. The van der Waals surface area contributed by atoms with Crippen LogP contribution in [0.5, 0.6) is 5.75 Å². The van der Waals surface area contributed by atoms with Crippen LogP contribution in [0.3, 0.4) is 0 Å². The van der Waals surface area contributed by atoms with Crippen molar-refractivity contribution in [3.63, 3.8) is 0 Å². The van der Waals surface area contributed by atoms with Crippen LogP contribution < -0.4 is 4.74 Å². The van der Waals surface area contributed by atoms with Gasteiger partial charge in [-0.1, -0.05) is 12.1 Å². The van der Waals surface area contributed by atoms with Crippen LogP contribution in [0.15, 0.2) is 48.8 Å². The molecule has 92 valence electrons. The molecule has 1 aromatic heterocycles.